The minimum absolute atomic E-state index is 0.601. The van der Waals surface area contributed by atoms with E-state index in [4.69, 9.17) is 16.0 Å². The number of rotatable bonds is 2. The maximum absolute atomic E-state index is 6.21. The highest BCUT2D eigenvalue weighted by Gasteiger charge is 2.07. The molecule has 0 fully saturated rings. The van der Waals surface area contributed by atoms with Crippen LogP contribution in [-0.4, -0.2) is 14.8 Å². The molecule has 5 heteroatoms. The van der Waals surface area contributed by atoms with Gasteiger partial charge in [0.15, 0.2) is 0 Å². The number of benzene rings is 1. The molecular weight excluding hydrogens is 238 g/mol. The fourth-order valence-electron chi connectivity index (χ4n) is 1.62. The number of halogens is 1. The van der Waals surface area contributed by atoms with Crippen LogP contribution in [0, 0.1) is 0 Å². The molecule has 17 heavy (non-hydrogen) atoms. The minimum Gasteiger partial charge on any atom is -0.464 e. The van der Waals surface area contributed by atoms with Crippen LogP contribution in [0.15, 0.2) is 53.7 Å². The van der Waals surface area contributed by atoms with E-state index in [0.717, 1.165) is 17.0 Å². The standard InChI is InChI=1S/C12H8ClN3O/c13-10-6-9(12-2-1-5-17-12)3-4-11(10)16-8-14-7-15-16/h1-8H. The zero-order chi connectivity index (χ0) is 11.7. The summed E-state index contributed by atoms with van der Waals surface area (Å²) in [6.45, 7) is 0. The van der Waals surface area contributed by atoms with Crippen LogP contribution < -0.4 is 0 Å². The normalized spacial score (nSPS) is 10.6. The Morgan fingerprint density at radius 3 is 2.82 bits per heavy atom. The van der Waals surface area contributed by atoms with Gasteiger partial charge in [0.05, 0.1) is 17.0 Å². The van der Waals surface area contributed by atoms with Crippen molar-refractivity contribution in [1.29, 1.82) is 0 Å². The molecule has 3 aromatic rings. The van der Waals surface area contributed by atoms with Gasteiger partial charge in [0, 0.05) is 5.56 Å². The van der Waals surface area contributed by atoms with Crippen LogP contribution in [0.25, 0.3) is 17.0 Å². The van der Waals surface area contributed by atoms with Gasteiger partial charge in [-0.15, -0.1) is 0 Å². The summed E-state index contributed by atoms with van der Waals surface area (Å²) in [5.74, 6) is 0.789. The first-order chi connectivity index (χ1) is 8.34. The van der Waals surface area contributed by atoms with Gasteiger partial charge >= 0.3 is 0 Å². The molecule has 0 saturated heterocycles. The third kappa shape index (κ3) is 1.83. The van der Waals surface area contributed by atoms with Crippen LogP contribution in [0.5, 0.6) is 0 Å². The Bertz CT molecular complexity index is 617. The molecule has 2 heterocycles. The van der Waals surface area contributed by atoms with E-state index in [2.05, 4.69) is 10.1 Å². The van der Waals surface area contributed by atoms with Crippen molar-refractivity contribution in [2.45, 2.75) is 0 Å². The van der Waals surface area contributed by atoms with Gasteiger partial charge in [-0.1, -0.05) is 11.6 Å². The van der Waals surface area contributed by atoms with Crippen molar-refractivity contribution >= 4 is 11.6 Å². The van der Waals surface area contributed by atoms with Crippen molar-refractivity contribution in [2.24, 2.45) is 0 Å². The average molecular weight is 246 g/mol. The largest absolute Gasteiger partial charge is 0.464 e. The van der Waals surface area contributed by atoms with Crippen molar-refractivity contribution in [2.75, 3.05) is 0 Å². The van der Waals surface area contributed by atoms with Crippen LogP contribution in [0.3, 0.4) is 0 Å². The fourth-order valence-corrected chi connectivity index (χ4v) is 1.89. The van der Waals surface area contributed by atoms with E-state index in [1.54, 1.807) is 17.3 Å². The Hall–Kier alpha value is -2.07. The summed E-state index contributed by atoms with van der Waals surface area (Å²) in [6.07, 6.45) is 4.71. The van der Waals surface area contributed by atoms with Gasteiger partial charge in [-0.05, 0) is 30.3 Å². The van der Waals surface area contributed by atoms with Crippen LogP contribution in [0.2, 0.25) is 5.02 Å². The molecule has 0 bridgehead atoms. The van der Waals surface area contributed by atoms with Gasteiger partial charge in [0.1, 0.15) is 18.4 Å². The summed E-state index contributed by atoms with van der Waals surface area (Å²) in [5.41, 5.74) is 1.73. The van der Waals surface area contributed by atoms with E-state index in [9.17, 15) is 0 Å². The lowest BCUT2D eigenvalue weighted by Gasteiger charge is -2.05. The molecule has 0 amide bonds. The van der Waals surface area contributed by atoms with Gasteiger partial charge in [-0.2, -0.15) is 5.10 Å². The van der Waals surface area contributed by atoms with Crippen molar-refractivity contribution in [3.05, 3.63) is 54.3 Å². The van der Waals surface area contributed by atoms with E-state index in [1.165, 1.54) is 6.33 Å². The molecule has 2 aromatic heterocycles. The zero-order valence-electron chi connectivity index (χ0n) is 8.75. The highest BCUT2D eigenvalue weighted by atomic mass is 35.5. The second-order valence-corrected chi connectivity index (χ2v) is 3.89. The molecule has 1 aromatic carbocycles. The molecule has 0 aliphatic carbocycles. The number of furan rings is 1. The maximum atomic E-state index is 6.21. The Labute approximate surface area is 102 Å². The molecule has 0 aliphatic heterocycles. The second-order valence-electron chi connectivity index (χ2n) is 3.48. The quantitative estimate of drug-likeness (QED) is 0.696. The average Bonchev–Trinajstić information content (AvgIpc) is 3.02. The highest BCUT2D eigenvalue weighted by Crippen LogP contribution is 2.27. The fraction of sp³-hybridized carbons (Fsp3) is 0. The number of hydrogen-bond donors (Lipinski definition) is 0. The van der Waals surface area contributed by atoms with Crippen LogP contribution in [0.1, 0.15) is 0 Å². The summed E-state index contributed by atoms with van der Waals surface area (Å²) in [7, 11) is 0. The third-order valence-electron chi connectivity index (χ3n) is 2.42. The molecule has 4 nitrogen and oxygen atoms in total. The van der Waals surface area contributed by atoms with Gasteiger partial charge < -0.3 is 4.42 Å². The van der Waals surface area contributed by atoms with Crippen molar-refractivity contribution in [1.82, 2.24) is 14.8 Å². The molecular formula is C12H8ClN3O. The predicted octanol–water partition coefficient (Wildman–Crippen LogP) is 3.18. The van der Waals surface area contributed by atoms with E-state index in [-0.39, 0.29) is 0 Å². The topological polar surface area (TPSA) is 43.9 Å². The molecule has 0 aliphatic rings. The van der Waals surface area contributed by atoms with E-state index >= 15 is 0 Å². The van der Waals surface area contributed by atoms with E-state index < -0.39 is 0 Å². The Morgan fingerprint density at radius 2 is 2.18 bits per heavy atom. The summed E-state index contributed by atoms with van der Waals surface area (Å²) < 4.78 is 6.93. The molecule has 84 valence electrons. The minimum atomic E-state index is 0.601. The van der Waals surface area contributed by atoms with Crippen LogP contribution in [-0.2, 0) is 0 Å². The summed E-state index contributed by atoms with van der Waals surface area (Å²) >= 11 is 6.21. The Balaban J connectivity index is 2.06. The first-order valence-electron chi connectivity index (χ1n) is 5.03. The Kier molecular flexibility index (Phi) is 2.42. The molecule has 0 saturated carbocycles. The van der Waals surface area contributed by atoms with Gasteiger partial charge in [0.2, 0.25) is 0 Å². The van der Waals surface area contributed by atoms with Crippen molar-refractivity contribution in [3.8, 4) is 17.0 Å². The van der Waals surface area contributed by atoms with Crippen LogP contribution >= 0.6 is 11.6 Å². The van der Waals surface area contributed by atoms with E-state index in [0.29, 0.717) is 5.02 Å². The highest BCUT2D eigenvalue weighted by molar-refractivity contribution is 6.32. The molecule has 0 spiro atoms. The molecule has 3 rings (SSSR count). The van der Waals surface area contributed by atoms with Crippen molar-refractivity contribution in [3.63, 3.8) is 0 Å². The first kappa shape index (κ1) is 10.1. The number of nitrogens with zero attached hydrogens (tertiary/aromatic N) is 3. The van der Waals surface area contributed by atoms with Crippen molar-refractivity contribution < 1.29 is 4.42 Å². The predicted molar refractivity (Wildman–Crippen MR) is 64.1 cm³/mol. The lowest BCUT2D eigenvalue weighted by atomic mass is 10.1. The summed E-state index contributed by atoms with van der Waals surface area (Å²) in [5, 5.41) is 4.64. The first-order valence-corrected chi connectivity index (χ1v) is 5.41. The van der Waals surface area contributed by atoms with Gasteiger partial charge in [0.25, 0.3) is 0 Å². The third-order valence-corrected chi connectivity index (χ3v) is 2.72. The molecule has 0 unspecified atom stereocenters. The molecule has 0 radical (unpaired) electrons. The second kappa shape index (κ2) is 4.07. The van der Waals surface area contributed by atoms with Crippen LogP contribution in [0.4, 0.5) is 0 Å². The maximum Gasteiger partial charge on any atom is 0.138 e. The number of hydrogen-bond acceptors (Lipinski definition) is 3. The van der Waals surface area contributed by atoms with Gasteiger partial charge in [-0.3, -0.25) is 0 Å². The molecule has 0 atom stereocenters. The Morgan fingerprint density at radius 1 is 1.24 bits per heavy atom. The lowest BCUT2D eigenvalue weighted by Crippen LogP contribution is -1.95. The monoisotopic (exact) mass is 245 g/mol. The SMILES string of the molecule is Clc1cc(-c2ccco2)ccc1-n1cncn1. The number of aromatic nitrogens is 3. The smallest absolute Gasteiger partial charge is 0.138 e. The zero-order valence-corrected chi connectivity index (χ0v) is 9.50. The summed E-state index contributed by atoms with van der Waals surface area (Å²) in [4.78, 5) is 3.89. The summed E-state index contributed by atoms with van der Waals surface area (Å²) in [6, 6.07) is 9.39. The molecule has 0 N–H and O–H groups in total. The van der Waals surface area contributed by atoms with Gasteiger partial charge in [-0.25, -0.2) is 9.67 Å². The lowest BCUT2D eigenvalue weighted by molar-refractivity contribution is 0.582. The van der Waals surface area contributed by atoms with E-state index in [1.807, 2.05) is 30.3 Å².